The van der Waals surface area contributed by atoms with Gasteiger partial charge in [-0.15, -0.1) is 0 Å². The van der Waals surface area contributed by atoms with Gasteiger partial charge in [0.25, 0.3) is 0 Å². The molecule has 0 saturated heterocycles. The first-order valence-electron chi connectivity index (χ1n) is 5.96. The van der Waals surface area contributed by atoms with Gasteiger partial charge in [-0.2, -0.15) is 5.26 Å². The van der Waals surface area contributed by atoms with Gasteiger partial charge in [0.2, 0.25) is 0 Å². The normalized spacial score (nSPS) is 10.3. The summed E-state index contributed by atoms with van der Waals surface area (Å²) in [5, 5.41) is 12.1. The van der Waals surface area contributed by atoms with Crippen molar-refractivity contribution in [2.75, 3.05) is 25.1 Å². The summed E-state index contributed by atoms with van der Waals surface area (Å²) in [6.07, 6.45) is 0. The lowest BCUT2D eigenvalue weighted by atomic mass is 10.1. The Kier molecular flexibility index (Phi) is 5.51. The zero-order valence-corrected chi connectivity index (χ0v) is 10.8. The Morgan fingerprint density at radius 3 is 2.76 bits per heavy atom. The second kappa shape index (κ2) is 6.93. The van der Waals surface area contributed by atoms with E-state index in [1.807, 2.05) is 25.1 Å². The highest BCUT2D eigenvalue weighted by Crippen LogP contribution is 2.13. The molecule has 0 atom stereocenters. The van der Waals surface area contributed by atoms with Gasteiger partial charge in [0.15, 0.2) is 0 Å². The van der Waals surface area contributed by atoms with Crippen molar-refractivity contribution in [2.45, 2.75) is 20.8 Å². The molecular formula is C14H20N2O. The second-order valence-electron chi connectivity index (χ2n) is 4.54. The SMILES string of the molecule is Cc1cc(NCCOCC(C)C)ccc1C#N. The predicted octanol–water partition coefficient (Wildman–Crippen LogP) is 2.95. The topological polar surface area (TPSA) is 45.0 Å². The fraction of sp³-hybridized carbons (Fsp3) is 0.500. The zero-order valence-electron chi connectivity index (χ0n) is 10.8. The molecule has 0 aliphatic carbocycles. The summed E-state index contributed by atoms with van der Waals surface area (Å²) < 4.78 is 5.48. The molecule has 0 aliphatic heterocycles. The van der Waals surface area contributed by atoms with E-state index in [9.17, 15) is 0 Å². The number of hydrogen-bond donors (Lipinski definition) is 1. The molecule has 1 aromatic rings. The molecule has 0 radical (unpaired) electrons. The molecule has 1 rings (SSSR count). The Hall–Kier alpha value is -1.53. The minimum atomic E-state index is 0.576. The minimum absolute atomic E-state index is 0.576. The van der Waals surface area contributed by atoms with Crippen LogP contribution in [-0.2, 0) is 4.74 Å². The Labute approximate surface area is 103 Å². The van der Waals surface area contributed by atoms with E-state index >= 15 is 0 Å². The van der Waals surface area contributed by atoms with Crippen molar-refractivity contribution in [3.8, 4) is 6.07 Å². The monoisotopic (exact) mass is 232 g/mol. The lowest BCUT2D eigenvalue weighted by Crippen LogP contribution is -2.12. The van der Waals surface area contributed by atoms with Crippen LogP contribution in [0.25, 0.3) is 0 Å². The van der Waals surface area contributed by atoms with Gasteiger partial charge in [0.05, 0.1) is 18.2 Å². The average molecular weight is 232 g/mol. The van der Waals surface area contributed by atoms with Crippen LogP contribution in [0.4, 0.5) is 5.69 Å². The number of nitrogens with one attached hydrogen (secondary N) is 1. The molecule has 0 bridgehead atoms. The fourth-order valence-electron chi connectivity index (χ4n) is 1.49. The first-order chi connectivity index (χ1) is 8.13. The molecule has 0 aromatic heterocycles. The Morgan fingerprint density at radius 2 is 2.18 bits per heavy atom. The maximum atomic E-state index is 8.82. The van der Waals surface area contributed by atoms with E-state index in [1.165, 1.54) is 0 Å². The summed E-state index contributed by atoms with van der Waals surface area (Å²) in [5.41, 5.74) is 2.77. The molecule has 3 nitrogen and oxygen atoms in total. The van der Waals surface area contributed by atoms with Gasteiger partial charge in [-0.1, -0.05) is 13.8 Å². The molecule has 3 heteroatoms. The van der Waals surface area contributed by atoms with Crippen molar-refractivity contribution in [1.29, 1.82) is 5.26 Å². The van der Waals surface area contributed by atoms with Gasteiger partial charge in [-0.25, -0.2) is 0 Å². The summed E-state index contributed by atoms with van der Waals surface area (Å²) in [5.74, 6) is 0.576. The van der Waals surface area contributed by atoms with Crippen LogP contribution in [0.15, 0.2) is 18.2 Å². The van der Waals surface area contributed by atoms with Crippen molar-refractivity contribution < 1.29 is 4.74 Å². The maximum absolute atomic E-state index is 8.82. The Morgan fingerprint density at radius 1 is 1.41 bits per heavy atom. The van der Waals surface area contributed by atoms with E-state index in [4.69, 9.17) is 10.00 Å². The average Bonchev–Trinajstić information content (AvgIpc) is 2.28. The van der Waals surface area contributed by atoms with Crippen LogP contribution >= 0.6 is 0 Å². The van der Waals surface area contributed by atoms with Crippen LogP contribution in [-0.4, -0.2) is 19.8 Å². The van der Waals surface area contributed by atoms with Gasteiger partial charge in [0.1, 0.15) is 0 Å². The molecule has 92 valence electrons. The van der Waals surface area contributed by atoms with Crippen LogP contribution in [0.5, 0.6) is 0 Å². The van der Waals surface area contributed by atoms with Crippen molar-refractivity contribution in [3.05, 3.63) is 29.3 Å². The van der Waals surface area contributed by atoms with E-state index in [0.29, 0.717) is 12.5 Å². The highest BCUT2D eigenvalue weighted by molar-refractivity contribution is 5.51. The first kappa shape index (κ1) is 13.5. The van der Waals surface area contributed by atoms with E-state index < -0.39 is 0 Å². The number of ether oxygens (including phenoxy) is 1. The number of hydrogen-bond acceptors (Lipinski definition) is 3. The van der Waals surface area contributed by atoms with E-state index in [2.05, 4.69) is 25.2 Å². The summed E-state index contributed by atoms with van der Waals surface area (Å²) in [4.78, 5) is 0. The summed E-state index contributed by atoms with van der Waals surface area (Å²) in [6.45, 7) is 8.51. The molecule has 1 aromatic carbocycles. The van der Waals surface area contributed by atoms with Gasteiger partial charge < -0.3 is 10.1 Å². The number of anilines is 1. The Bertz CT molecular complexity index is 394. The van der Waals surface area contributed by atoms with Gasteiger partial charge in [-0.05, 0) is 36.6 Å². The molecular weight excluding hydrogens is 212 g/mol. The van der Waals surface area contributed by atoms with Crippen LogP contribution in [0, 0.1) is 24.2 Å². The molecule has 0 fully saturated rings. The lowest BCUT2D eigenvalue weighted by Gasteiger charge is -2.09. The van der Waals surface area contributed by atoms with Crippen molar-refractivity contribution in [3.63, 3.8) is 0 Å². The number of nitrogens with zero attached hydrogens (tertiary/aromatic N) is 1. The van der Waals surface area contributed by atoms with E-state index in [1.54, 1.807) is 0 Å². The van der Waals surface area contributed by atoms with Crippen LogP contribution in [0.1, 0.15) is 25.0 Å². The standard InChI is InChI=1S/C14H20N2O/c1-11(2)10-17-7-6-16-14-5-4-13(9-15)12(3)8-14/h4-5,8,11,16H,6-7,10H2,1-3H3. The predicted molar refractivity (Wildman–Crippen MR) is 70.0 cm³/mol. The van der Waals surface area contributed by atoms with Crippen molar-refractivity contribution in [1.82, 2.24) is 0 Å². The largest absolute Gasteiger partial charge is 0.383 e. The molecule has 0 aliphatic rings. The number of nitriles is 1. The third-order valence-corrected chi connectivity index (χ3v) is 2.37. The molecule has 0 amide bonds. The second-order valence-corrected chi connectivity index (χ2v) is 4.54. The first-order valence-corrected chi connectivity index (χ1v) is 5.96. The third-order valence-electron chi connectivity index (χ3n) is 2.37. The molecule has 0 spiro atoms. The van der Waals surface area contributed by atoms with Gasteiger partial charge in [0, 0.05) is 18.8 Å². The highest BCUT2D eigenvalue weighted by Gasteiger charge is 1.99. The number of benzene rings is 1. The molecule has 1 N–H and O–H groups in total. The summed E-state index contributed by atoms with van der Waals surface area (Å²) in [6, 6.07) is 7.91. The molecule has 0 unspecified atom stereocenters. The fourth-order valence-corrected chi connectivity index (χ4v) is 1.49. The molecule has 0 heterocycles. The lowest BCUT2D eigenvalue weighted by molar-refractivity contribution is 0.118. The summed E-state index contributed by atoms with van der Waals surface area (Å²) in [7, 11) is 0. The quantitative estimate of drug-likeness (QED) is 0.767. The maximum Gasteiger partial charge on any atom is 0.0994 e. The highest BCUT2D eigenvalue weighted by atomic mass is 16.5. The van der Waals surface area contributed by atoms with E-state index in [-0.39, 0.29) is 0 Å². The zero-order chi connectivity index (χ0) is 12.7. The smallest absolute Gasteiger partial charge is 0.0994 e. The molecule has 0 saturated carbocycles. The van der Waals surface area contributed by atoms with Crippen LogP contribution in [0.3, 0.4) is 0 Å². The van der Waals surface area contributed by atoms with Gasteiger partial charge in [-0.3, -0.25) is 0 Å². The number of rotatable bonds is 6. The van der Waals surface area contributed by atoms with Gasteiger partial charge >= 0.3 is 0 Å². The molecule has 17 heavy (non-hydrogen) atoms. The third kappa shape index (κ3) is 4.88. The summed E-state index contributed by atoms with van der Waals surface area (Å²) >= 11 is 0. The van der Waals surface area contributed by atoms with Crippen LogP contribution in [0.2, 0.25) is 0 Å². The van der Waals surface area contributed by atoms with E-state index in [0.717, 1.165) is 30.0 Å². The van der Waals surface area contributed by atoms with Crippen molar-refractivity contribution in [2.24, 2.45) is 5.92 Å². The Balaban J connectivity index is 2.33. The van der Waals surface area contributed by atoms with Crippen LogP contribution < -0.4 is 5.32 Å². The minimum Gasteiger partial charge on any atom is -0.383 e. The van der Waals surface area contributed by atoms with Crippen molar-refractivity contribution >= 4 is 5.69 Å². The number of aryl methyl sites for hydroxylation is 1.